The highest BCUT2D eigenvalue weighted by atomic mass is 32.2. The van der Waals surface area contributed by atoms with E-state index in [0.29, 0.717) is 5.82 Å². The van der Waals surface area contributed by atoms with Crippen molar-refractivity contribution in [2.45, 2.75) is 31.5 Å². The standard InChI is InChI=1S/C13H18N4S2/c1-3-5-17-6-4-8-9(7-17)19-12-10(8)11(14)15-13(16-12)18-2/h3-7H2,1-2H3,(H2,14,15,16). The second kappa shape index (κ2) is 5.26. The molecule has 0 atom stereocenters. The van der Waals surface area contributed by atoms with Crippen molar-refractivity contribution in [3.05, 3.63) is 10.4 Å². The van der Waals surface area contributed by atoms with Crippen LogP contribution in [0.3, 0.4) is 0 Å². The summed E-state index contributed by atoms with van der Waals surface area (Å²) in [7, 11) is 0. The number of rotatable bonds is 3. The van der Waals surface area contributed by atoms with E-state index in [0.717, 1.165) is 34.9 Å². The summed E-state index contributed by atoms with van der Waals surface area (Å²) in [5, 5.41) is 1.88. The number of nitrogen functional groups attached to an aromatic ring is 1. The molecule has 0 unspecified atom stereocenters. The summed E-state index contributed by atoms with van der Waals surface area (Å²) in [4.78, 5) is 14.0. The van der Waals surface area contributed by atoms with Crippen LogP contribution in [0.25, 0.3) is 10.2 Å². The number of hydrogen-bond donors (Lipinski definition) is 1. The van der Waals surface area contributed by atoms with Crippen LogP contribution < -0.4 is 5.73 Å². The van der Waals surface area contributed by atoms with Crippen molar-refractivity contribution in [1.82, 2.24) is 14.9 Å². The monoisotopic (exact) mass is 294 g/mol. The van der Waals surface area contributed by atoms with Gasteiger partial charge in [-0.25, -0.2) is 9.97 Å². The van der Waals surface area contributed by atoms with Gasteiger partial charge in [0.05, 0.1) is 5.39 Å². The summed E-state index contributed by atoms with van der Waals surface area (Å²) in [6, 6.07) is 0. The minimum Gasteiger partial charge on any atom is -0.383 e. The Balaban J connectivity index is 2.05. The van der Waals surface area contributed by atoms with Crippen LogP contribution in [0, 0.1) is 0 Å². The van der Waals surface area contributed by atoms with E-state index in [1.807, 2.05) is 6.26 Å². The first kappa shape index (κ1) is 13.1. The normalized spacial score (nSPS) is 15.9. The fourth-order valence-electron chi connectivity index (χ4n) is 2.65. The topological polar surface area (TPSA) is 55.0 Å². The van der Waals surface area contributed by atoms with E-state index in [2.05, 4.69) is 21.8 Å². The Hall–Kier alpha value is -0.850. The molecule has 1 aliphatic rings. The maximum atomic E-state index is 6.12. The lowest BCUT2D eigenvalue weighted by atomic mass is 10.1. The Labute approximate surface area is 121 Å². The first-order chi connectivity index (χ1) is 9.22. The average molecular weight is 294 g/mol. The summed E-state index contributed by atoms with van der Waals surface area (Å²) in [6.45, 7) is 5.56. The average Bonchev–Trinajstić information content (AvgIpc) is 2.76. The molecule has 4 nitrogen and oxygen atoms in total. The molecular weight excluding hydrogens is 276 g/mol. The second-order valence-electron chi connectivity index (χ2n) is 4.81. The smallest absolute Gasteiger partial charge is 0.190 e. The molecule has 2 aromatic heterocycles. The molecule has 3 heterocycles. The van der Waals surface area contributed by atoms with Gasteiger partial charge in [-0.15, -0.1) is 11.3 Å². The molecule has 6 heteroatoms. The van der Waals surface area contributed by atoms with Gasteiger partial charge in [-0.2, -0.15) is 0 Å². The Morgan fingerprint density at radius 1 is 1.42 bits per heavy atom. The number of thiophene rings is 1. The van der Waals surface area contributed by atoms with Crippen molar-refractivity contribution < 1.29 is 0 Å². The molecule has 0 bridgehead atoms. The van der Waals surface area contributed by atoms with Crippen LogP contribution in [-0.4, -0.2) is 34.2 Å². The molecule has 1 aliphatic heterocycles. The quantitative estimate of drug-likeness (QED) is 0.697. The first-order valence-corrected chi connectivity index (χ1v) is 8.61. The largest absolute Gasteiger partial charge is 0.383 e. The van der Waals surface area contributed by atoms with Gasteiger partial charge in [0.15, 0.2) is 5.16 Å². The molecule has 2 aromatic rings. The number of aromatic nitrogens is 2. The second-order valence-corrected chi connectivity index (χ2v) is 6.66. The van der Waals surface area contributed by atoms with Crippen molar-refractivity contribution in [2.75, 3.05) is 25.1 Å². The predicted octanol–water partition coefficient (Wildman–Crippen LogP) is 2.76. The minimum atomic E-state index is 0.649. The maximum Gasteiger partial charge on any atom is 0.190 e. The summed E-state index contributed by atoms with van der Waals surface area (Å²) in [5.74, 6) is 0.649. The zero-order valence-corrected chi connectivity index (χ0v) is 12.9. The van der Waals surface area contributed by atoms with E-state index >= 15 is 0 Å². The van der Waals surface area contributed by atoms with Crippen LogP contribution in [0.5, 0.6) is 0 Å². The zero-order chi connectivity index (χ0) is 13.4. The zero-order valence-electron chi connectivity index (χ0n) is 11.3. The van der Waals surface area contributed by atoms with Gasteiger partial charge in [0.2, 0.25) is 0 Å². The van der Waals surface area contributed by atoms with Gasteiger partial charge in [0.1, 0.15) is 10.6 Å². The van der Waals surface area contributed by atoms with E-state index in [1.54, 1.807) is 23.1 Å². The summed E-state index contributed by atoms with van der Waals surface area (Å²) < 4.78 is 0. The Morgan fingerprint density at radius 3 is 3.00 bits per heavy atom. The van der Waals surface area contributed by atoms with E-state index in [4.69, 9.17) is 5.73 Å². The third-order valence-electron chi connectivity index (χ3n) is 3.51. The third-order valence-corrected chi connectivity index (χ3v) is 5.17. The van der Waals surface area contributed by atoms with Gasteiger partial charge in [0, 0.05) is 18.0 Å². The predicted molar refractivity (Wildman–Crippen MR) is 82.9 cm³/mol. The fraction of sp³-hybridized carbons (Fsp3) is 0.538. The van der Waals surface area contributed by atoms with Crippen LogP contribution in [0.4, 0.5) is 5.82 Å². The fourth-order valence-corrected chi connectivity index (χ4v) is 4.35. The van der Waals surface area contributed by atoms with Crippen LogP contribution in [0.15, 0.2) is 5.16 Å². The molecule has 0 spiro atoms. The molecule has 0 aliphatic carbocycles. The SMILES string of the molecule is CCCN1CCc2c(sc3nc(SC)nc(N)c23)C1. The Morgan fingerprint density at radius 2 is 2.26 bits per heavy atom. The first-order valence-electron chi connectivity index (χ1n) is 6.57. The number of thioether (sulfide) groups is 1. The molecule has 0 radical (unpaired) electrons. The lowest BCUT2D eigenvalue weighted by Crippen LogP contribution is -2.30. The molecule has 3 rings (SSSR count). The molecule has 2 N–H and O–H groups in total. The van der Waals surface area contributed by atoms with Crippen molar-refractivity contribution in [1.29, 1.82) is 0 Å². The van der Waals surface area contributed by atoms with Gasteiger partial charge in [-0.3, -0.25) is 4.90 Å². The molecule has 0 aromatic carbocycles. The highest BCUT2D eigenvalue weighted by molar-refractivity contribution is 7.98. The molecule has 0 saturated heterocycles. The Bertz CT molecular complexity index is 608. The number of nitrogens with zero attached hydrogens (tertiary/aromatic N) is 3. The maximum absolute atomic E-state index is 6.12. The van der Waals surface area contributed by atoms with E-state index in [1.165, 1.54) is 23.4 Å². The van der Waals surface area contributed by atoms with Crippen molar-refractivity contribution in [3.8, 4) is 0 Å². The minimum absolute atomic E-state index is 0.649. The molecule has 0 saturated carbocycles. The number of anilines is 1. The number of fused-ring (bicyclic) bond motifs is 3. The molecule has 102 valence electrons. The lowest BCUT2D eigenvalue weighted by molar-refractivity contribution is 0.258. The van der Waals surface area contributed by atoms with E-state index in [9.17, 15) is 0 Å². The van der Waals surface area contributed by atoms with Crippen molar-refractivity contribution in [2.24, 2.45) is 0 Å². The van der Waals surface area contributed by atoms with Gasteiger partial charge in [-0.1, -0.05) is 18.7 Å². The molecule has 19 heavy (non-hydrogen) atoms. The molecular formula is C13H18N4S2. The summed E-state index contributed by atoms with van der Waals surface area (Å²) >= 11 is 3.33. The molecule has 0 fully saturated rings. The van der Waals surface area contributed by atoms with Crippen LogP contribution in [0.2, 0.25) is 0 Å². The highest BCUT2D eigenvalue weighted by Crippen LogP contribution is 2.37. The van der Waals surface area contributed by atoms with Crippen LogP contribution >= 0.6 is 23.1 Å². The number of hydrogen-bond acceptors (Lipinski definition) is 6. The highest BCUT2D eigenvalue weighted by Gasteiger charge is 2.23. The third kappa shape index (κ3) is 2.32. The number of nitrogens with two attached hydrogens (primary N) is 1. The summed E-state index contributed by atoms with van der Waals surface area (Å²) in [5.41, 5.74) is 7.51. The Kier molecular flexibility index (Phi) is 3.64. The van der Waals surface area contributed by atoms with E-state index in [-0.39, 0.29) is 0 Å². The lowest BCUT2D eigenvalue weighted by Gasteiger charge is -2.26. The van der Waals surface area contributed by atoms with Gasteiger partial charge < -0.3 is 5.73 Å². The van der Waals surface area contributed by atoms with Crippen molar-refractivity contribution >= 4 is 39.1 Å². The van der Waals surface area contributed by atoms with E-state index < -0.39 is 0 Å². The van der Waals surface area contributed by atoms with Crippen LogP contribution in [0.1, 0.15) is 23.8 Å². The molecule has 0 amide bonds. The van der Waals surface area contributed by atoms with Gasteiger partial charge in [0.25, 0.3) is 0 Å². The van der Waals surface area contributed by atoms with Gasteiger partial charge in [-0.05, 0) is 31.2 Å². The van der Waals surface area contributed by atoms with Gasteiger partial charge >= 0.3 is 0 Å². The van der Waals surface area contributed by atoms with Crippen molar-refractivity contribution in [3.63, 3.8) is 0 Å². The summed E-state index contributed by atoms with van der Waals surface area (Å²) in [6.07, 6.45) is 4.26. The van der Waals surface area contributed by atoms with Crippen LogP contribution in [-0.2, 0) is 13.0 Å².